The number of thioether (sulfide) groups is 1. The number of fused-ring (bicyclic) bond motifs is 1. The number of carbonyl (C=O) groups is 2. The summed E-state index contributed by atoms with van der Waals surface area (Å²) in [5.41, 5.74) is 1.28. The van der Waals surface area contributed by atoms with Gasteiger partial charge in [0.15, 0.2) is 4.34 Å². The first-order valence-corrected chi connectivity index (χ1v) is 9.73. The maximum Gasteiger partial charge on any atom is 0.410 e. The fourth-order valence-electron chi connectivity index (χ4n) is 2.80. The summed E-state index contributed by atoms with van der Waals surface area (Å²) in [5, 5.41) is 10.9. The molecule has 2 heterocycles. The summed E-state index contributed by atoms with van der Waals surface area (Å²) in [5.74, 6) is -0.106. The second-order valence-electron chi connectivity index (χ2n) is 5.45. The first-order valence-electron chi connectivity index (χ1n) is 7.93. The number of benzene rings is 1. The highest BCUT2D eigenvalue weighted by Crippen LogP contribution is 2.33. The molecule has 0 bridgehead atoms. The van der Waals surface area contributed by atoms with Crippen molar-refractivity contribution in [1.29, 1.82) is 0 Å². The Balaban J connectivity index is 1.90. The quantitative estimate of drug-likeness (QED) is 0.632. The normalized spacial score (nSPS) is 16.1. The zero-order chi connectivity index (χ0) is 18.7. The van der Waals surface area contributed by atoms with E-state index in [1.165, 1.54) is 47.2 Å². The summed E-state index contributed by atoms with van der Waals surface area (Å²) in [7, 11) is 1.25. The van der Waals surface area contributed by atoms with Gasteiger partial charge in [0.2, 0.25) is 5.13 Å². The van der Waals surface area contributed by atoms with Crippen LogP contribution in [0.4, 0.5) is 14.3 Å². The molecule has 0 unspecified atom stereocenters. The van der Waals surface area contributed by atoms with Crippen LogP contribution >= 0.6 is 23.1 Å². The highest BCUT2D eigenvalue weighted by molar-refractivity contribution is 8.01. The summed E-state index contributed by atoms with van der Waals surface area (Å²) in [6.07, 6.45) is -0.121. The van der Waals surface area contributed by atoms with Gasteiger partial charge in [0, 0.05) is 6.54 Å². The lowest BCUT2D eigenvalue weighted by atomic mass is 9.92. The molecule has 3 rings (SSSR count). The van der Waals surface area contributed by atoms with E-state index in [0.29, 0.717) is 23.7 Å². The van der Waals surface area contributed by atoms with Crippen LogP contribution in [-0.4, -0.2) is 46.5 Å². The minimum Gasteiger partial charge on any atom is -0.453 e. The number of hydrogen-bond donors (Lipinski definition) is 1. The smallest absolute Gasteiger partial charge is 0.410 e. The Kier molecular flexibility index (Phi) is 5.72. The molecular weight excluding hydrogens is 379 g/mol. The molecule has 2 aromatic rings. The van der Waals surface area contributed by atoms with Gasteiger partial charge in [-0.2, -0.15) is 0 Å². The molecule has 0 saturated heterocycles. The number of nitrogens with one attached hydrogen (secondary N) is 1. The predicted octanol–water partition coefficient (Wildman–Crippen LogP) is 3.09. The van der Waals surface area contributed by atoms with E-state index < -0.39 is 23.9 Å². The third-order valence-corrected chi connectivity index (χ3v) is 5.75. The Morgan fingerprint density at radius 1 is 1.46 bits per heavy atom. The van der Waals surface area contributed by atoms with E-state index in [2.05, 4.69) is 15.5 Å². The van der Waals surface area contributed by atoms with Crippen LogP contribution in [0.2, 0.25) is 0 Å². The van der Waals surface area contributed by atoms with E-state index in [0.717, 1.165) is 15.7 Å². The minimum atomic E-state index is -0.993. The van der Waals surface area contributed by atoms with E-state index >= 15 is 0 Å². The molecule has 1 aromatic heterocycles. The van der Waals surface area contributed by atoms with Crippen molar-refractivity contribution >= 4 is 40.2 Å². The second-order valence-corrected chi connectivity index (χ2v) is 7.94. The molecule has 0 spiro atoms. The fourth-order valence-corrected chi connectivity index (χ4v) is 4.45. The summed E-state index contributed by atoms with van der Waals surface area (Å²) in [6.45, 7) is 2.29. The molecule has 10 heteroatoms. The van der Waals surface area contributed by atoms with Crippen LogP contribution in [0, 0.1) is 5.82 Å². The molecule has 1 aromatic carbocycles. The molecule has 0 radical (unpaired) electrons. The maximum atomic E-state index is 13.8. The number of aromatic nitrogens is 2. The first-order chi connectivity index (χ1) is 12.5. The van der Waals surface area contributed by atoms with Crippen molar-refractivity contribution in [1.82, 2.24) is 15.1 Å². The Morgan fingerprint density at radius 3 is 3.00 bits per heavy atom. The van der Waals surface area contributed by atoms with Crippen LogP contribution in [0.3, 0.4) is 0 Å². The minimum absolute atomic E-state index is 0.302. The monoisotopic (exact) mass is 396 g/mol. The standard InChI is InChI=1S/C16H17FN4O3S2/c1-3-25-15-20-19-14(26-15)18-13(22)12-11-8-10(17)5-4-9(11)6-7-21(12)16(23)24-2/h4-5,8,12H,3,6-7H2,1-2H3,(H,18,19,22)/t12-/m0/s1. The molecule has 26 heavy (non-hydrogen) atoms. The second kappa shape index (κ2) is 8.00. The summed E-state index contributed by atoms with van der Waals surface area (Å²) in [6, 6.07) is 3.28. The van der Waals surface area contributed by atoms with Crippen molar-refractivity contribution in [2.45, 2.75) is 23.7 Å². The van der Waals surface area contributed by atoms with Gasteiger partial charge in [-0.3, -0.25) is 15.0 Å². The number of anilines is 1. The Morgan fingerprint density at radius 2 is 2.27 bits per heavy atom. The molecule has 0 saturated carbocycles. The van der Waals surface area contributed by atoms with Crippen molar-refractivity contribution in [2.24, 2.45) is 0 Å². The molecule has 0 fully saturated rings. The zero-order valence-electron chi connectivity index (χ0n) is 14.2. The topological polar surface area (TPSA) is 84.4 Å². The lowest BCUT2D eigenvalue weighted by Crippen LogP contribution is -2.45. The lowest BCUT2D eigenvalue weighted by Gasteiger charge is -2.35. The van der Waals surface area contributed by atoms with Gasteiger partial charge < -0.3 is 4.74 Å². The van der Waals surface area contributed by atoms with Gasteiger partial charge in [0.1, 0.15) is 11.9 Å². The molecule has 1 atom stereocenters. The van der Waals surface area contributed by atoms with E-state index in [4.69, 9.17) is 4.74 Å². The number of hydrogen-bond acceptors (Lipinski definition) is 7. The highest BCUT2D eigenvalue weighted by atomic mass is 32.2. The van der Waals surface area contributed by atoms with E-state index in [9.17, 15) is 14.0 Å². The number of methoxy groups -OCH3 is 1. The molecule has 138 valence electrons. The van der Waals surface area contributed by atoms with Crippen molar-refractivity contribution < 1.29 is 18.7 Å². The van der Waals surface area contributed by atoms with E-state index in [1.807, 2.05) is 6.92 Å². The van der Waals surface area contributed by atoms with Gasteiger partial charge >= 0.3 is 6.09 Å². The molecule has 1 aliphatic rings. The largest absolute Gasteiger partial charge is 0.453 e. The van der Waals surface area contributed by atoms with Crippen LogP contribution in [0.1, 0.15) is 24.1 Å². The molecule has 1 N–H and O–H groups in total. The molecule has 2 amide bonds. The highest BCUT2D eigenvalue weighted by Gasteiger charge is 2.37. The summed E-state index contributed by atoms with van der Waals surface area (Å²) in [4.78, 5) is 26.3. The van der Waals surface area contributed by atoms with Crippen molar-refractivity contribution in [3.05, 3.63) is 35.1 Å². The first kappa shape index (κ1) is 18.6. The van der Waals surface area contributed by atoms with Gasteiger partial charge in [0.25, 0.3) is 5.91 Å². The average Bonchev–Trinajstić information content (AvgIpc) is 3.07. The van der Waals surface area contributed by atoms with Gasteiger partial charge in [0.05, 0.1) is 7.11 Å². The van der Waals surface area contributed by atoms with Gasteiger partial charge in [-0.1, -0.05) is 36.1 Å². The average molecular weight is 396 g/mol. The molecule has 1 aliphatic heterocycles. The number of nitrogens with zero attached hydrogens (tertiary/aromatic N) is 3. The Hall–Kier alpha value is -2.20. The van der Waals surface area contributed by atoms with E-state index in [1.54, 1.807) is 6.07 Å². The number of rotatable bonds is 4. The number of amides is 2. The molecule has 7 nitrogen and oxygen atoms in total. The van der Waals surface area contributed by atoms with Crippen LogP contribution in [0.5, 0.6) is 0 Å². The fraction of sp³-hybridized carbons (Fsp3) is 0.375. The molecule has 0 aliphatic carbocycles. The van der Waals surface area contributed by atoms with Crippen molar-refractivity contribution in [3.8, 4) is 0 Å². The summed E-state index contributed by atoms with van der Waals surface area (Å²) < 4.78 is 19.3. The lowest BCUT2D eigenvalue weighted by molar-refractivity contribution is -0.121. The number of ether oxygens (including phenoxy) is 1. The number of carbonyl (C=O) groups excluding carboxylic acids is 2. The summed E-state index contributed by atoms with van der Waals surface area (Å²) >= 11 is 2.77. The van der Waals surface area contributed by atoms with Crippen LogP contribution in [0.15, 0.2) is 22.5 Å². The third kappa shape index (κ3) is 3.80. The van der Waals surface area contributed by atoms with E-state index in [-0.39, 0.29) is 0 Å². The third-order valence-electron chi connectivity index (χ3n) is 3.90. The van der Waals surface area contributed by atoms with Crippen LogP contribution in [0.25, 0.3) is 0 Å². The van der Waals surface area contributed by atoms with Gasteiger partial charge in [-0.15, -0.1) is 10.2 Å². The van der Waals surface area contributed by atoms with Gasteiger partial charge in [-0.05, 0) is 35.4 Å². The maximum absolute atomic E-state index is 13.8. The Bertz CT molecular complexity index is 830. The van der Waals surface area contributed by atoms with Gasteiger partial charge in [-0.25, -0.2) is 9.18 Å². The van der Waals surface area contributed by atoms with Crippen LogP contribution in [-0.2, 0) is 16.0 Å². The van der Waals surface area contributed by atoms with Crippen molar-refractivity contribution in [3.63, 3.8) is 0 Å². The predicted molar refractivity (Wildman–Crippen MR) is 96.9 cm³/mol. The Labute approximate surface area is 157 Å². The molecular formula is C16H17FN4O3S2. The number of halogens is 1. The van der Waals surface area contributed by atoms with Crippen molar-refractivity contribution in [2.75, 3.05) is 24.7 Å². The van der Waals surface area contributed by atoms with Crippen LogP contribution < -0.4 is 5.32 Å². The zero-order valence-corrected chi connectivity index (χ0v) is 15.8. The SMILES string of the molecule is CCSc1nnc(NC(=O)[C@@H]2c3cc(F)ccc3CCN2C(=O)OC)s1.